The van der Waals surface area contributed by atoms with Crippen molar-refractivity contribution in [2.45, 2.75) is 0 Å². The highest BCUT2D eigenvalue weighted by Gasteiger charge is 2.14. The molecule has 0 atom stereocenters. The first-order chi connectivity index (χ1) is 10.0. The fraction of sp³-hybridized carbons (Fsp3) is 0.0769. The van der Waals surface area contributed by atoms with Crippen LogP contribution < -0.4 is 10.1 Å². The number of nitrogens with one attached hydrogen (secondary N) is 1. The summed E-state index contributed by atoms with van der Waals surface area (Å²) in [5, 5.41) is 11.6. The first-order valence-corrected chi connectivity index (χ1v) is 6.09. The number of ether oxygens (including phenoxy) is 1. The van der Waals surface area contributed by atoms with Crippen LogP contribution >= 0.6 is 11.6 Å². The molecular formula is C13H10ClN3O4. The Morgan fingerprint density at radius 2 is 2.10 bits per heavy atom. The van der Waals surface area contributed by atoms with Crippen LogP contribution in [0.15, 0.2) is 30.6 Å². The van der Waals surface area contributed by atoms with E-state index < -0.39 is 11.9 Å². The summed E-state index contributed by atoms with van der Waals surface area (Å²) in [6, 6.07) is 4.18. The second-order valence-electron chi connectivity index (χ2n) is 3.90. The van der Waals surface area contributed by atoms with Crippen molar-refractivity contribution >= 4 is 29.2 Å². The molecule has 2 N–H and O–H groups in total. The Bertz CT molecular complexity index is 706. The molecule has 8 heteroatoms. The largest absolute Gasteiger partial charge is 0.496 e. The van der Waals surface area contributed by atoms with E-state index in [0.29, 0.717) is 5.69 Å². The highest BCUT2D eigenvalue weighted by Crippen LogP contribution is 2.23. The summed E-state index contributed by atoms with van der Waals surface area (Å²) in [7, 11) is 1.34. The van der Waals surface area contributed by atoms with Crippen molar-refractivity contribution in [3.63, 3.8) is 0 Å². The first-order valence-electron chi connectivity index (χ1n) is 5.71. The predicted molar refractivity (Wildman–Crippen MR) is 74.9 cm³/mol. The summed E-state index contributed by atoms with van der Waals surface area (Å²) >= 11 is 5.66. The van der Waals surface area contributed by atoms with E-state index in [-0.39, 0.29) is 22.2 Å². The normalized spacial score (nSPS) is 10.0. The van der Waals surface area contributed by atoms with E-state index in [1.807, 2.05) is 0 Å². The van der Waals surface area contributed by atoms with E-state index >= 15 is 0 Å². The molecule has 0 bridgehead atoms. The molecule has 1 aromatic heterocycles. The number of amides is 1. The summed E-state index contributed by atoms with van der Waals surface area (Å²) in [4.78, 5) is 30.5. The fourth-order valence-corrected chi connectivity index (χ4v) is 1.74. The molecule has 0 aliphatic rings. The number of aromatic nitrogens is 2. The number of benzene rings is 1. The molecule has 0 saturated heterocycles. The van der Waals surface area contributed by atoms with Crippen molar-refractivity contribution in [2.24, 2.45) is 0 Å². The van der Waals surface area contributed by atoms with Gasteiger partial charge in [-0.15, -0.1) is 0 Å². The summed E-state index contributed by atoms with van der Waals surface area (Å²) in [6.07, 6.45) is 2.58. The number of methoxy groups -OCH3 is 1. The van der Waals surface area contributed by atoms with Crippen LogP contribution in [0.25, 0.3) is 0 Å². The molecule has 2 rings (SSSR count). The average molecular weight is 308 g/mol. The van der Waals surface area contributed by atoms with E-state index in [9.17, 15) is 9.59 Å². The average Bonchev–Trinajstić information content (AvgIpc) is 2.46. The molecule has 2 aromatic rings. The Morgan fingerprint density at radius 1 is 1.33 bits per heavy atom. The number of carbonyl (C=O) groups excluding carboxylic acids is 1. The summed E-state index contributed by atoms with van der Waals surface area (Å²) < 4.78 is 4.97. The molecule has 21 heavy (non-hydrogen) atoms. The summed E-state index contributed by atoms with van der Waals surface area (Å²) in [5.41, 5.74) is 0.408. The highest BCUT2D eigenvalue weighted by molar-refractivity contribution is 6.29. The van der Waals surface area contributed by atoms with Crippen molar-refractivity contribution in [3.05, 3.63) is 47.0 Å². The van der Waals surface area contributed by atoms with Crippen LogP contribution in [0, 0.1) is 0 Å². The third-order valence-electron chi connectivity index (χ3n) is 2.53. The molecule has 1 heterocycles. The lowest BCUT2D eigenvalue weighted by molar-refractivity contribution is 0.0693. The number of nitrogens with zero attached hydrogens (tertiary/aromatic N) is 2. The van der Waals surface area contributed by atoms with Gasteiger partial charge in [0.05, 0.1) is 19.5 Å². The van der Waals surface area contributed by atoms with Crippen molar-refractivity contribution in [3.8, 4) is 5.75 Å². The molecule has 0 spiro atoms. The van der Waals surface area contributed by atoms with Crippen LogP contribution in [-0.4, -0.2) is 34.1 Å². The van der Waals surface area contributed by atoms with Crippen molar-refractivity contribution < 1.29 is 19.4 Å². The maximum absolute atomic E-state index is 12.0. The zero-order valence-electron chi connectivity index (χ0n) is 10.8. The number of hydrogen-bond acceptors (Lipinski definition) is 5. The van der Waals surface area contributed by atoms with Crippen LogP contribution in [0.2, 0.25) is 5.15 Å². The van der Waals surface area contributed by atoms with Gasteiger partial charge >= 0.3 is 5.97 Å². The van der Waals surface area contributed by atoms with E-state index in [1.54, 1.807) is 0 Å². The number of halogens is 1. The maximum atomic E-state index is 12.0. The van der Waals surface area contributed by atoms with Gasteiger partial charge in [0.25, 0.3) is 5.91 Å². The molecule has 108 valence electrons. The molecule has 1 amide bonds. The highest BCUT2D eigenvalue weighted by atomic mass is 35.5. The molecule has 0 radical (unpaired) electrons. The van der Waals surface area contributed by atoms with Gasteiger partial charge in [0.1, 0.15) is 22.2 Å². The lowest BCUT2D eigenvalue weighted by Gasteiger charge is -2.09. The molecule has 0 saturated carbocycles. The van der Waals surface area contributed by atoms with Crippen molar-refractivity contribution in [1.82, 2.24) is 9.97 Å². The Hall–Kier alpha value is -2.67. The maximum Gasteiger partial charge on any atom is 0.339 e. The van der Waals surface area contributed by atoms with Gasteiger partial charge in [-0.25, -0.2) is 9.78 Å². The van der Waals surface area contributed by atoms with Gasteiger partial charge in [-0.05, 0) is 12.1 Å². The van der Waals surface area contributed by atoms with Crippen LogP contribution in [0.3, 0.4) is 0 Å². The molecule has 0 unspecified atom stereocenters. The third kappa shape index (κ3) is 3.46. The quantitative estimate of drug-likeness (QED) is 0.896. The number of aromatic carboxylic acids is 1. The first kappa shape index (κ1) is 14.7. The van der Waals surface area contributed by atoms with Gasteiger partial charge in [-0.1, -0.05) is 11.6 Å². The van der Waals surface area contributed by atoms with Gasteiger partial charge in [0.15, 0.2) is 0 Å². The number of carboxylic acid groups (broad SMARTS) is 1. The van der Waals surface area contributed by atoms with Crippen LogP contribution in [-0.2, 0) is 0 Å². The van der Waals surface area contributed by atoms with Crippen LogP contribution in [0.5, 0.6) is 5.75 Å². The predicted octanol–water partition coefficient (Wildman–Crippen LogP) is 2.09. The number of anilines is 1. The number of hydrogen-bond donors (Lipinski definition) is 2. The lowest BCUT2D eigenvalue weighted by Crippen LogP contribution is -2.14. The standard InChI is InChI=1S/C13H10ClN3O4/c1-21-10-4-7(2-3-8(10)13(19)20)16-12(18)9-5-15-6-11(14)17-9/h2-6H,1H3,(H,16,18)(H,19,20). The molecule has 0 aliphatic carbocycles. The van der Waals surface area contributed by atoms with Crippen molar-refractivity contribution in [1.29, 1.82) is 0 Å². The Morgan fingerprint density at radius 3 is 2.71 bits per heavy atom. The van der Waals surface area contributed by atoms with Gasteiger partial charge in [-0.2, -0.15) is 0 Å². The smallest absolute Gasteiger partial charge is 0.339 e. The van der Waals surface area contributed by atoms with Gasteiger partial charge in [0.2, 0.25) is 0 Å². The third-order valence-corrected chi connectivity index (χ3v) is 2.71. The summed E-state index contributed by atoms with van der Waals surface area (Å²) in [6.45, 7) is 0. The number of carbonyl (C=O) groups is 2. The number of rotatable bonds is 4. The Balaban J connectivity index is 2.24. The second-order valence-corrected chi connectivity index (χ2v) is 4.29. The lowest BCUT2D eigenvalue weighted by atomic mass is 10.2. The minimum atomic E-state index is -1.12. The summed E-state index contributed by atoms with van der Waals surface area (Å²) in [5.74, 6) is -1.50. The van der Waals surface area contributed by atoms with Gasteiger partial charge in [0, 0.05) is 11.8 Å². The molecule has 1 aromatic carbocycles. The van der Waals surface area contributed by atoms with E-state index in [2.05, 4.69) is 15.3 Å². The molecule has 7 nitrogen and oxygen atoms in total. The van der Waals surface area contributed by atoms with E-state index in [0.717, 1.165) is 0 Å². The van der Waals surface area contributed by atoms with Gasteiger partial charge in [-0.3, -0.25) is 9.78 Å². The minimum Gasteiger partial charge on any atom is -0.496 e. The second kappa shape index (κ2) is 6.19. The Labute approximate surface area is 124 Å². The SMILES string of the molecule is COc1cc(NC(=O)c2cncc(Cl)n2)ccc1C(=O)O. The zero-order valence-corrected chi connectivity index (χ0v) is 11.6. The fourth-order valence-electron chi connectivity index (χ4n) is 1.59. The molecular weight excluding hydrogens is 298 g/mol. The monoisotopic (exact) mass is 307 g/mol. The van der Waals surface area contributed by atoms with E-state index in [1.165, 1.54) is 37.7 Å². The topological polar surface area (TPSA) is 101 Å². The molecule has 0 fully saturated rings. The van der Waals surface area contributed by atoms with Gasteiger partial charge < -0.3 is 15.2 Å². The number of carboxylic acids is 1. The zero-order chi connectivity index (χ0) is 15.4. The minimum absolute atomic E-state index is 0.00181. The van der Waals surface area contributed by atoms with Crippen LogP contribution in [0.1, 0.15) is 20.8 Å². The van der Waals surface area contributed by atoms with Crippen molar-refractivity contribution in [2.75, 3.05) is 12.4 Å². The molecule has 0 aliphatic heterocycles. The van der Waals surface area contributed by atoms with E-state index in [4.69, 9.17) is 21.4 Å². The Kier molecular flexibility index (Phi) is 4.34. The van der Waals surface area contributed by atoms with Crippen LogP contribution in [0.4, 0.5) is 5.69 Å².